The molecule has 0 atom stereocenters. The summed E-state index contributed by atoms with van der Waals surface area (Å²) in [5, 5.41) is 31.4. The summed E-state index contributed by atoms with van der Waals surface area (Å²) in [5.74, 6) is 0.788. The average Bonchev–Trinajstić information content (AvgIpc) is 2.64. The molecule has 26 heavy (non-hydrogen) atoms. The Morgan fingerprint density at radius 3 is 1.46 bits per heavy atom. The third kappa shape index (κ3) is 3.52. The van der Waals surface area contributed by atoms with Crippen LogP contribution in [0.4, 0.5) is 0 Å². The van der Waals surface area contributed by atoms with Gasteiger partial charge in [-0.25, -0.2) is 0 Å². The van der Waals surface area contributed by atoms with Crippen LogP contribution in [-0.2, 0) is 19.3 Å². The van der Waals surface area contributed by atoms with E-state index >= 15 is 0 Å². The molecule has 0 bridgehead atoms. The third-order valence-corrected chi connectivity index (χ3v) is 4.87. The predicted molar refractivity (Wildman–Crippen MR) is 104 cm³/mol. The summed E-state index contributed by atoms with van der Waals surface area (Å²) < 4.78 is 0. The van der Waals surface area contributed by atoms with E-state index in [1.54, 1.807) is 0 Å². The van der Waals surface area contributed by atoms with Gasteiger partial charge in [0.15, 0.2) is 0 Å². The van der Waals surface area contributed by atoms with Crippen molar-refractivity contribution in [3.8, 4) is 17.2 Å². The van der Waals surface area contributed by atoms with Crippen molar-refractivity contribution < 1.29 is 15.3 Å². The Balaban J connectivity index is 1.92. The van der Waals surface area contributed by atoms with Gasteiger partial charge in [-0.2, -0.15) is 0 Å². The first-order valence-corrected chi connectivity index (χ1v) is 8.88. The van der Waals surface area contributed by atoms with E-state index in [9.17, 15) is 15.3 Å². The smallest absolute Gasteiger partial charge is 0.122 e. The van der Waals surface area contributed by atoms with Gasteiger partial charge >= 0.3 is 0 Å². The molecule has 0 fully saturated rings. The number of phenols is 3. The Labute approximate surface area is 154 Å². The minimum Gasteiger partial charge on any atom is -0.507 e. The van der Waals surface area contributed by atoms with Crippen molar-refractivity contribution in [1.29, 1.82) is 0 Å². The molecule has 0 aliphatic heterocycles. The van der Waals surface area contributed by atoms with Crippen molar-refractivity contribution in [2.75, 3.05) is 0 Å². The van der Waals surface area contributed by atoms with Crippen LogP contribution in [0.3, 0.4) is 0 Å². The number of aryl methyl sites for hydroxylation is 2. The second-order valence-corrected chi connectivity index (χ2v) is 6.64. The summed E-state index contributed by atoms with van der Waals surface area (Å²) >= 11 is 0. The van der Waals surface area contributed by atoms with Crippen molar-refractivity contribution in [2.45, 2.75) is 33.1 Å². The van der Waals surface area contributed by atoms with Gasteiger partial charge in [-0.05, 0) is 46.7 Å². The topological polar surface area (TPSA) is 60.7 Å². The molecule has 3 N–H and O–H groups in total. The van der Waals surface area contributed by atoms with Crippen LogP contribution in [0.1, 0.15) is 40.3 Å². The third-order valence-electron chi connectivity index (χ3n) is 4.87. The van der Waals surface area contributed by atoms with Gasteiger partial charge in [0.2, 0.25) is 0 Å². The summed E-state index contributed by atoms with van der Waals surface area (Å²) in [6, 6.07) is 17.0. The number of hydrogen-bond donors (Lipinski definition) is 3. The molecule has 0 saturated heterocycles. The van der Waals surface area contributed by atoms with Gasteiger partial charge in [0, 0.05) is 12.8 Å². The van der Waals surface area contributed by atoms with Gasteiger partial charge < -0.3 is 15.3 Å². The number of hydrogen-bond acceptors (Lipinski definition) is 3. The van der Waals surface area contributed by atoms with E-state index in [2.05, 4.69) is 0 Å². The Morgan fingerprint density at radius 1 is 0.577 bits per heavy atom. The highest BCUT2D eigenvalue weighted by atomic mass is 16.3. The Morgan fingerprint density at radius 2 is 0.962 bits per heavy atom. The maximum absolute atomic E-state index is 10.7. The average molecular weight is 348 g/mol. The molecule has 3 aromatic rings. The zero-order valence-corrected chi connectivity index (χ0v) is 15.2. The zero-order valence-electron chi connectivity index (χ0n) is 15.2. The van der Waals surface area contributed by atoms with E-state index < -0.39 is 0 Å². The summed E-state index contributed by atoms with van der Waals surface area (Å²) in [5.41, 5.74) is 4.83. The van der Waals surface area contributed by atoms with Crippen LogP contribution in [0.25, 0.3) is 0 Å². The van der Waals surface area contributed by atoms with E-state index in [4.69, 9.17) is 0 Å². The van der Waals surface area contributed by atoms with Gasteiger partial charge in [-0.3, -0.25) is 0 Å². The van der Waals surface area contributed by atoms with Crippen LogP contribution >= 0.6 is 0 Å². The molecule has 0 aromatic heterocycles. The molecule has 0 aliphatic carbocycles. The van der Waals surface area contributed by atoms with E-state index in [1.807, 2.05) is 68.4 Å². The molecular weight excluding hydrogens is 324 g/mol. The molecule has 3 rings (SSSR count). The lowest BCUT2D eigenvalue weighted by molar-refractivity contribution is 0.454. The zero-order chi connectivity index (χ0) is 18.7. The Kier molecular flexibility index (Phi) is 5.17. The summed E-state index contributed by atoms with van der Waals surface area (Å²) in [6.07, 6.45) is 1.67. The van der Waals surface area contributed by atoms with Crippen LogP contribution in [0.2, 0.25) is 0 Å². The van der Waals surface area contributed by atoms with Crippen molar-refractivity contribution in [1.82, 2.24) is 0 Å². The number of benzene rings is 3. The molecule has 3 aromatic carbocycles. The first-order chi connectivity index (χ1) is 12.5. The van der Waals surface area contributed by atoms with Crippen molar-refractivity contribution in [3.05, 3.63) is 88.0 Å². The molecule has 3 heteroatoms. The number of phenolic OH excluding ortho intramolecular Hbond substituents is 3. The molecule has 0 radical (unpaired) electrons. The molecular formula is C23H24O3. The normalized spacial score (nSPS) is 10.8. The van der Waals surface area contributed by atoms with Crippen molar-refractivity contribution in [2.24, 2.45) is 0 Å². The molecule has 0 saturated carbocycles. The van der Waals surface area contributed by atoms with Gasteiger partial charge in [-0.1, -0.05) is 61.5 Å². The lowest BCUT2D eigenvalue weighted by atomic mass is 9.95. The highest BCUT2D eigenvalue weighted by Crippen LogP contribution is 2.32. The largest absolute Gasteiger partial charge is 0.507 e. The van der Waals surface area contributed by atoms with Crippen LogP contribution in [-0.4, -0.2) is 15.3 Å². The Hall–Kier alpha value is -2.94. The Bertz CT molecular complexity index is 929. The predicted octanol–water partition coefficient (Wildman–Crippen LogP) is 4.86. The number of para-hydroxylation sites is 3. The maximum atomic E-state index is 10.7. The van der Waals surface area contributed by atoms with Crippen LogP contribution in [0.15, 0.2) is 54.6 Å². The van der Waals surface area contributed by atoms with Gasteiger partial charge in [0.05, 0.1) is 0 Å². The molecule has 0 unspecified atom stereocenters. The summed E-state index contributed by atoms with van der Waals surface area (Å²) in [6.45, 7) is 3.86. The van der Waals surface area contributed by atoms with Gasteiger partial charge in [-0.15, -0.1) is 0 Å². The second kappa shape index (κ2) is 7.52. The molecule has 134 valence electrons. The fraction of sp³-hybridized carbons (Fsp3) is 0.217. The van der Waals surface area contributed by atoms with E-state index in [0.717, 1.165) is 39.8 Å². The lowest BCUT2D eigenvalue weighted by Crippen LogP contribution is -1.96. The van der Waals surface area contributed by atoms with Gasteiger partial charge in [0.1, 0.15) is 17.2 Å². The second-order valence-electron chi connectivity index (χ2n) is 6.64. The summed E-state index contributed by atoms with van der Waals surface area (Å²) in [4.78, 5) is 0. The highest BCUT2D eigenvalue weighted by Gasteiger charge is 2.13. The quantitative estimate of drug-likeness (QED) is 0.617. The maximum Gasteiger partial charge on any atom is 0.122 e. The fourth-order valence-electron chi connectivity index (χ4n) is 3.28. The SMILES string of the molecule is CCc1cccc(Cc2cccc(Cc3cccc(C)c3O)c2O)c1O. The lowest BCUT2D eigenvalue weighted by Gasteiger charge is -2.13. The van der Waals surface area contributed by atoms with E-state index in [1.165, 1.54) is 0 Å². The van der Waals surface area contributed by atoms with Crippen molar-refractivity contribution >= 4 is 0 Å². The first-order valence-electron chi connectivity index (χ1n) is 8.88. The van der Waals surface area contributed by atoms with Crippen molar-refractivity contribution in [3.63, 3.8) is 0 Å². The fourth-order valence-corrected chi connectivity index (χ4v) is 3.28. The molecule has 0 amide bonds. The minimum absolute atomic E-state index is 0.217. The molecule has 0 spiro atoms. The van der Waals surface area contributed by atoms with E-state index in [0.29, 0.717) is 18.6 Å². The van der Waals surface area contributed by atoms with Crippen LogP contribution in [0.5, 0.6) is 17.2 Å². The first kappa shape index (κ1) is 17.9. The standard InChI is InChI=1S/C23H24O3/c1-3-16-8-5-10-18(22(16)25)14-20-12-6-11-19(23(20)26)13-17-9-4-7-15(2)21(17)24/h4-12,24-26H,3,13-14H2,1-2H3. The van der Waals surface area contributed by atoms with Crippen LogP contribution < -0.4 is 0 Å². The highest BCUT2D eigenvalue weighted by molar-refractivity contribution is 5.50. The molecule has 0 heterocycles. The summed E-state index contributed by atoms with van der Waals surface area (Å²) in [7, 11) is 0. The van der Waals surface area contributed by atoms with E-state index in [-0.39, 0.29) is 11.5 Å². The molecule has 3 nitrogen and oxygen atoms in total. The monoisotopic (exact) mass is 348 g/mol. The minimum atomic E-state index is 0.217. The number of aromatic hydroxyl groups is 3. The number of rotatable bonds is 5. The van der Waals surface area contributed by atoms with Crippen LogP contribution in [0, 0.1) is 6.92 Å². The molecule has 0 aliphatic rings. The van der Waals surface area contributed by atoms with Gasteiger partial charge in [0.25, 0.3) is 0 Å².